The van der Waals surface area contributed by atoms with Gasteiger partial charge in [-0.25, -0.2) is 12.7 Å². The van der Waals surface area contributed by atoms with E-state index in [9.17, 15) is 8.42 Å². The van der Waals surface area contributed by atoms with Crippen LogP contribution in [-0.4, -0.2) is 67.7 Å². The predicted octanol–water partition coefficient (Wildman–Crippen LogP) is -0.196. The topological polar surface area (TPSA) is 84.5 Å². The van der Waals surface area contributed by atoms with Crippen LogP contribution in [0.3, 0.4) is 0 Å². The summed E-state index contributed by atoms with van der Waals surface area (Å²) >= 11 is 0. The molecule has 1 aliphatic heterocycles. The second-order valence-electron chi connectivity index (χ2n) is 5.76. The Hall–Kier alpha value is -0.960. The molecule has 1 aromatic rings. The smallest absolute Gasteiger partial charge is 0.245 e. The van der Waals surface area contributed by atoms with Gasteiger partial charge < -0.3 is 10.6 Å². The molecule has 1 aliphatic rings. The SMILES string of the molecule is CN1CCC(CN(C)S(=O)(=O)c2cnn(CCN)c2)CC1. The first-order chi connectivity index (χ1) is 9.93. The number of nitrogens with two attached hydrogens (primary N) is 1. The molecule has 2 N–H and O–H groups in total. The molecular weight excluding hydrogens is 290 g/mol. The van der Waals surface area contributed by atoms with Gasteiger partial charge in [-0.2, -0.15) is 5.10 Å². The molecule has 0 unspecified atom stereocenters. The standard InChI is InChI=1S/C13H25N5O2S/c1-16-6-3-12(4-7-16)10-17(2)21(19,20)13-9-15-18(11-13)8-5-14/h9,11-12H,3-8,10,14H2,1-2H3. The van der Waals surface area contributed by atoms with Crippen molar-refractivity contribution >= 4 is 10.0 Å². The quantitative estimate of drug-likeness (QED) is 0.786. The maximum absolute atomic E-state index is 12.5. The van der Waals surface area contributed by atoms with Crippen LogP contribution in [0.15, 0.2) is 17.3 Å². The Labute approximate surface area is 126 Å². The Morgan fingerprint density at radius 1 is 1.43 bits per heavy atom. The lowest BCUT2D eigenvalue weighted by atomic mass is 9.97. The van der Waals surface area contributed by atoms with Crippen LogP contribution in [0.5, 0.6) is 0 Å². The molecule has 2 heterocycles. The summed E-state index contributed by atoms with van der Waals surface area (Å²) in [5.74, 6) is 0.431. The number of likely N-dealkylation sites (tertiary alicyclic amines) is 1. The average molecular weight is 315 g/mol. The van der Waals surface area contributed by atoms with Gasteiger partial charge in [-0.15, -0.1) is 0 Å². The molecule has 1 fully saturated rings. The van der Waals surface area contributed by atoms with E-state index in [2.05, 4.69) is 17.0 Å². The Morgan fingerprint density at radius 3 is 2.71 bits per heavy atom. The third-order valence-electron chi connectivity index (χ3n) is 4.03. The number of sulfonamides is 1. The Morgan fingerprint density at radius 2 is 2.10 bits per heavy atom. The van der Waals surface area contributed by atoms with Crippen molar-refractivity contribution in [1.82, 2.24) is 19.0 Å². The molecular formula is C13H25N5O2S. The maximum atomic E-state index is 12.5. The zero-order valence-corrected chi connectivity index (χ0v) is 13.6. The van der Waals surface area contributed by atoms with Gasteiger partial charge in [-0.1, -0.05) is 0 Å². The summed E-state index contributed by atoms with van der Waals surface area (Å²) in [5.41, 5.74) is 5.45. The summed E-state index contributed by atoms with van der Waals surface area (Å²) in [5, 5.41) is 4.04. The summed E-state index contributed by atoms with van der Waals surface area (Å²) in [6.07, 6.45) is 5.04. The lowest BCUT2D eigenvalue weighted by Crippen LogP contribution is -2.37. The molecule has 7 nitrogen and oxygen atoms in total. The number of hydrogen-bond acceptors (Lipinski definition) is 5. The van der Waals surface area contributed by atoms with E-state index in [-0.39, 0.29) is 4.90 Å². The Balaban J connectivity index is 2.00. The van der Waals surface area contributed by atoms with Gasteiger partial charge in [0.2, 0.25) is 10.0 Å². The number of aromatic nitrogens is 2. The molecule has 2 rings (SSSR count). The minimum absolute atomic E-state index is 0.242. The molecule has 0 aliphatic carbocycles. The number of hydrogen-bond donors (Lipinski definition) is 1. The first-order valence-electron chi connectivity index (χ1n) is 7.31. The van der Waals surface area contributed by atoms with E-state index in [0.29, 0.717) is 25.6 Å². The van der Waals surface area contributed by atoms with E-state index in [1.807, 2.05) is 0 Å². The fraction of sp³-hybridized carbons (Fsp3) is 0.769. The highest BCUT2D eigenvalue weighted by Crippen LogP contribution is 2.20. The fourth-order valence-corrected chi connectivity index (χ4v) is 3.82. The van der Waals surface area contributed by atoms with Crippen molar-refractivity contribution < 1.29 is 8.42 Å². The van der Waals surface area contributed by atoms with Crippen molar-refractivity contribution in [1.29, 1.82) is 0 Å². The van der Waals surface area contributed by atoms with Gasteiger partial charge >= 0.3 is 0 Å². The van der Waals surface area contributed by atoms with E-state index in [0.717, 1.165) is 25.9 Å². The van der Waals surface area contributed by atoms with Crippen molar-refractivity contribution in [2.45, 2.75) is 24.3 Å². The molecule has 0 spiro atoms. The molecule has 0 bridgehead atoms. The van der Waals surface area contributed by atoms with E-state index in [1.165, 1.54) is 10.5 Å². The summed E-state index contributed by atoms with van der Waals surface area (Å²) in [7, 11) is 0.293. The summed E-state index contributed by atoms with van der Waals surface area (Å²) < 4.78 is 28.1. The molecule has 8 heteroatoms. The first kappa shape index (κ1) is 16.4. The molecule has 0 amide bonds. The maximum Gasteiger partial charge on any atom is 0.245 e. The minimum Gasteiger partial charge on any atom is -0.329 e. The number of piperidine rings is 1. The normalized spacial score (nSPS) is 18.5. The van der Waals surface area contributed by atoms with Crippen LogP contribution in [-0.2, 0) is 16.6 Å². The van der Waals surface area contributed by atoms with Crippen molar-refractivity contribution in [2.75, 3.05) is 40.3 Å². The fourth-order valence-electron chi connectivity index (χ4n) is 2.62. The van der Waals surface area contributed by atoms with Crippen LogP contribution in [0.1, 0.15) is 12.8 Å². The van der Waals surface area contributed by atoms with Crippen molar-refractivity contribution in [3.8, 4) is 0 Å². The van der Waals surface area contributed by atoms with Gasteiger partial charge in [0.25, 0.3) is 0 Å². The summed E-state index contributed by atoms with van der Waals surface area (Å²) in [4.78, 5) is 2.52. The minimum atomic E-state index is -3.45. The molecule has 120 valence electrons. The first-order valence-corrected chi connectivity index (χ1v) is 8.75. The highest BCUT2D eigenvalue weighted by Gasteiger charge is 2.26. The van der Waals surface area contributed by atoms with Gasteiger partial charge in [0.1, 0.15) is 4.90 Å². The van der Waals surface area contributed by atoms with Crippen molar-refractivity contribution in [3.63, 3.8) is 0 Å². The van der Waals surface area contributed by atoms with Crippen molar-refractivity contribution in [2.24, 2.45) is 11.7 Å². The Kier molecular flexibility index (Phi) is 5.37. The van der Waals surface area contributed by atoms with E-state index < -0.39 is 10.0 Å². The van der Waals surface area contributed by atoms with Gasteiger partial charge in [-0.05, 0) is 38.9 Å². The van der Waals surface area contributed by atoms with Crippen LogP contribution < -0.4 is 5.73 Å². The lowest BCUT2D eigenvalue weighted by molar-refractivity contribution is 0.202. The number of rotatable bonds is 6. The predicted molar refractivity (Wildman–Crippen MR) is 81.3 cm³/mol. The lowest BCUT2D eigenvalue weighted by Gasteiger charge is -2.31. The highest BCUT2D eigenvalue weighted by molar-refractivity contribution is 7.89. The van der Waals surface area contributed by atoms with E-state index in [1.54, 1.807) is 17.9 Å². The van der Waals surface area contributed by atoms with Crippen molar-refractivity contribution in [3.05, 3.63) is 12.4 Å². The monoisotopic (exact) mass is 315 g/mol. The van der Waals surface area contributed by atoms with Gasteiger partial charge in [-0.3, -0.25) is 4.68 Å². The van der Waals surface area contributed by atoms with Crippen LogP contribution in [0.25, 0.3) is 0 Å². The second-order valence-corrected chi connectivity index (χ2v) is 7.80. The highest BCUT2D eigenvalue weighted by atomic mass is 32.2. The zero-order valence-electron chi connectivity index (χ0n) is 12.8. The van der Waals surface area contributed by atoms with E-state index in [4.69, 9.17) is 5.73 Å². The zero-order chi connectivity index (χ0) is 15.5. The molecule has 0 radical (unpaired) electrons. The molecule has 21 heavy (non-hydrogen) atoms. The van der Waals surface area contributed by atoms with Gasteiger partial charge in [0.05, 0.1) is 12.7 Å². The summed E-state index contributed by atoms with van der Waals surface area (Å²) in [6.45, 7) is 3.60. The third kappa shape index (κ3) is 4.03. The average Bonchev–Trinajstić information content (AvgIpc) is 2.91. The van der Waals surface area contributed by atoms with E-state index >= 15 is 0 Å². The Bertz CT molecular complexity index is 549. The van der Waals surface area contributed by atoms with Gasteiger partial charge in [0.15, 0.2) is 0 Å². The van der Waals surface area contributed by atoms with Crippen LogP contribution in [0.4, 0.5) is 0 Å². The summed E-state index contributed by atoms with van der Waals surface area (Å²) in [6, 6.07) is 0. The molecule has 1 saturated heterocycles. The molecule has 1 aromatic heterocycles. The second kappa shape index (κ2) is 6.87. The van der Waals surface area contributed by atoms with Crippen LogP contribution >= 0.6 is 0 Å². The van der Waals surface area contributed by atoms with Gasteiger partial charge in [0, 0.05) is 26.3 Å². The third-order valence-corrected chi connectivity index (χ3v) is 5.81. The molecule has 0 atom stereocenters. The van der Waals surface area contributed by atoms with Crippen LogP contribution in [0.2, 0.25) is 0 Å². The molecule has 0 saturated carbocycles. The molecule has 0 aromatic carbocycles. The number of nitrogens with zero attached hydrogens (tertiary/aromatic N) is 4. The van der Waals surface area contributed by atoms with Crippen LogP contribution in [0, 0.1) is 5.92 Å². The largest absolute Gasteiger partial charge is 0.329 e.